The van der Waals surface area contributed by atoms with Crippen molar-refractivity contribution in [1.82, 2.24) is 14.7 Å². The summed E-state index contributed by atoms with van der Waals surface area (Å²) in [4.78, 5) is 7.19. The lowest BCUT2D eigenvalue weighted by Gasteiger charge is -2.43. The second kappa shape index (κ2) is 7.00. The molecule has 1 unspecified atom stereocenters. The van der Waals surface area contributed by atoms with E-state index >= 15 is 0 Å². The molecule has 1 N–H and O–H groups in total. The molecule has 0 bridgehead atoms. The number of aliphatic hydroxyl groups is 1. The van der Waals surface area contributed by atoms with Crippen LogP contribution in [0, 0.1) is 0 Å². The molecule has 2 rings (SSSR count). The highest BCUT2D eigenvalue weighted by atomic mass is 33.1. The van der Waals surface area contributed by atoms with Crippen molar-refractivity contribution in [3.8, 4) is 0 Å². The molecule has 0 aliphatic carbocycles. The van der Waals surface area contributed by atoms with E-state index in [-0.39, 0.29) is 0 Å². The van der Waals surface area contributed by atoms with Crippen LogP contribution >= 0.6 is 22.5 Å². The maximum absolute atomic E-state index is 10.8. The number of hydrogen-bond donors (Lipinski definition) is 2. The zero-order valence-electron chi connectivity index (χ0n) is 12.1. The SMILES string of the molecule is CC(SS)N1CCC(O)(CN2CCN(C)CC2)CC1. The maximum Gasteiger partial charge on any atom is 0.0798 e. The number of nitrogens with zero attached hydrogens (tertiary/aromatic N) is 3. The van der Waals surface area contributed by atoms with Crippen molar-refractivity contribution in [3.05, 3.63) is 0 Å². The second-order valence-corrected chi connectivity index (χ2v) is 7.57. The zero-order chi connectivity index (χ0) is 13.9. The Morgan fingerprint density at radius 1 is 1.16 bits per heavy atom. The van der Waals surface area contributed by atoms with Crippen molar-refractivity contribution in [1.29, 1.82) is 0 Å². The van der Waals surface area contributed by atoms with E-state index in [1.54, 1.807) is 10.8 Å². The van der Waals surface area contributed by atoms with E-state index in [0.29, 0.717) is 5.37 Å². The number of β-amino-alcohol motifs (C(OH)–C–C–N with tert-alkyl or cyclic N) is 1. The van der Waals surface area contributed by atoms with Gasteiger partial charge in [0, 0.05) is 45.8 Å². The molecule has 112 valence electrons. The molecular formula is C13H27N3OS2. The number of likely N-dealkylation sites (N-methyl/N-ethyl adjacent to an activating group) is 1. The highest BCUT2D eigenvalue weighted by molar-refractivity contribution is 8.68. The molecule has 6 heteroatoms. The number of hydrogen-bond acceptors (Lipinski definition) is 6. The fraction of sp³-hybridized carbons (Fsp3) is 1.00. The summed E-state index contributed by atoms with van der Waals surface area (Å²) in [5.74, 6) is 0. The maximum atomic E-state index is 10.8. The van der Waals surface area contributed by atoms with Gasteiger partial charge in [-0.25, -0.2) is 0 Å². The van der Waals surface area contributed by atoms with Crippen molar-refractivity contribution in [2.24, 2.45) is 0 Å². The Labute approximate surface area is 126 Å². The molecule has 0 aromatic rings. The van der Waals surface area contributed by atoms with Crippen LogP contribution in [-0.4, -0.2) is 83.6 Å². The minimum Gasteiger partial charge on any atom is -0.388 e. The van der Waals surface area contributed by atoms with Crippen LogP contribution in [0.4, 0.5) is 0 Å². The minimum absolute atomic E-state index is 0.441. The van der Waals surface area contributed by atoms with Gasteiger partial charge in [-0.1, -0.05) is 10.8 Å². The van der Waals surface area contributed by atoms with Crippen LogP contribution in [0.3, 0.4) is 0 Å². The first-order valence-corrected chi connectivity index (χ1v) is 9.13. The summed E-state index contributed by atoms with van der Waals surface area (Å²) in [6.07, 6.45) is 1.77. The van der Waals surface area contributed by atoms with Crippen molar-refractivity contribution >= 4 is 22.5 Å². The molecule has 1 atom stereocenters. The van der Waals surface area contributed by atoms with Gasteiger partial charge in [0.25, 0.3) is 0 Å². The van der Waals surface area contributed by atoms with Gasteiger partial charge < -0.3 is 10.0 Å². The Hall–Kier alpha value is 0.540. The Morgan fingerprint density at radius 3 is 2.26 bits per heavy atom. The Morgan fingerprint density at radius 2 is 1.74 bits per heavy atom. The molecule has 19 heavy (non-hydrogen) atoms. The highest BCUT2D eigenvalue weighted by Crippen LogP contribution is 2.28. The molecule has 4 nitrogen and oxygen atoms in total. The quantitative estimate of drug-likeness (QED) is 0.597. The topological polar surface area (TPSA) is 30.0 Å². The molecule has 2 aliphatic heterocycles. The average Bonchev–Trinajstić information content (AvgIpc) is 2.41. The van der Waals surface area contributed by atoms with E-state index in [0.717, 1.165) is 58.7 Å². The predicted octanol–water partition coefficient (Wildman–Crippen LogP) is 0.985. The average molecular weight is 306 g/mol. The predicted molar refractivity (Wildman–Crippen MR) is 85.7 cm³/mol. The number of thiol groups is 1. The van der Waals surface area contributed by atoms with Crippen LogP contribution in [0.5, 0.6) is 0 Å². The Kier molecular flexibility index (Phi) is 5.87. The number of rotatable bonds is 4. The minimum atomic E-state index is -0.479. The lowest BCUT2D eigenvalue weighted by Crippen LogP contribution is -2.55. The monoisotopic (exact) mass is 305 g/mol. The van der Waals surface area contributed by atoms with Gasteiger partial charge in [-0.15, -0.1) is 11.7 Å². The summed E-state index contributed by atoms with van der Waals surface area (Å²) in [5, 5.41) is 11.2. The lowest BCUT2D eigenvalue weighted by molar-refractivity contribution is -0.0521. The molecule has 2 aliphatic rings. The summed E-state index contributed by atoms with van der Waals surface area (Å²) in [6.45, 7) is 9.42. The molecule has 2 heterocycles. The van der Waals surface area contributed by atoms with E-state index in [2.05, 4.69) is 40.3 Å². The van der Waals surface area contributed by atoms with Gasteiger partial charge in [0.15, 0.2) is 0 Å². The van der Waals surface area contributed by atoms with Gasteiger partial charge in [-0.05, 0) is 26.8 Å². The van der Waals surface area contributed by atoms with E-state index in [4.69, 9.17) is 0 Å². The molecule has 0 aromatic heterocycles. The summed E-state index contributed by atoms with van der Waals surface area (Å²) in [5.41, 5.74) is -0.479. The third-order valence-electron chi connectivity index (χ3n) is 4.51. The molecule has 0 radical (unpaired) electrons. The van der Waals surface area contributed by atoms with Crippen LogP contribution < -0.4 is 0 Å². The first kappa shape index (κ1) is 15.9. The van der Waals surface area contributed by atoms with Crippen LogP contribution in [0.25, 0.3) is 0 Å². The number of likely N-dealkylation sites (tertiary alicyclic amines) is 1. The van der Waals surface area contributed by atoms with Crippen molar-refractivity contribution in [3.63, 3.8) is 0 Å². The van der Waals surface area contributed by atoms with Crippen molar-refractivity contribution in [2.45, 2.75) is 30.7 Å². The zero-order valence-corrected chi connectivity index (χ0v) is 13.8. The highest BCUT2D eigenvalue weighted by Gasteiger charge is 2.35. The first-order chi connectivity index (χ1) is 9.02. The van der Waals surface area contributed by atoms with Gasteiger partial charge in [0.2, 0.25) is 0 Å². The lowest BCUT2D eigenvalue weighted by atomic mass is 9.90. The van der Waals surface area contributed by atoms with Crippen LogP contribution in [0.2, 0.25) is 0 Å². The fourth-order valence-electron chi connectivity index (χ4n) is 2.95. The third-order valence-corrected chi connectivity index (χ3v) is 6.03. The van der Waals surface area contributed by atoms with Crippen LogP contribution in [0.15, 0.2) is 0 Å². The van der Waals surface area contributed by atoms with Crippen LogP contribution in [-0.2, 0) is 0 Å². The molecule has 0 aromatic carbocycles. The van der Waals surface area contributed by atoms with E-state index < -0.39 is 5.60 Å². The molecule has 2 fully saturated rings. The molecule has 2 saturated heterocycles. The molecule has 0 amide bonds. The third kappa shape index (κ3) is 4.51. The van der Waals surface area contributed by atoms with Gasteiger partial charge in [0.1, 0.15) is 0 Å². The number of piperazine rings is 1. The van der Waals surface area contributed by atoms with E-state index in [9.17, 15) is 5.11 Å². The van der Waals surface area contributed by atoms with Gasteiger partial charge in [0.05, 0.1) is 11.0 Å². The van der Waals surface area contributed by atoms with Crippen LogP contribution in [0.1, 0.15) is 19.8 Å². The van der Waals surface area contributed by atoms with E-state index in [1.165, 1.54) is 0 Å². The summed E-state index contributed by atoms with van der Waals surface area (Å²) < 4.78 is 0. The Balaban J connectivity index is 1.78. The second-order valence-electron chi connectivity index (χ2n) is 6.04. The largest absolute Gasteiger partial charge is 0.388 e. The molecule has 0 spiro atoms. The van der Waals surface area contributed by atoms with Gasteiger partial charge in [-0.3, -0.25) is 9.80 Å². The van der Waals surface area contributed by atoms with Gasteiger partial charge in [-0.2, -0.15) is 0 Å². The molecular weight excluding hydrogens is 278 g/mol. The summed E-state index contributed by atoms with van der Waals surface area (Å²) in [6, 6.07) is 0. The van der Waals surface area contributed by atoms with Crippen molar-refractivity contribution in [2.75, 3.05) is 52.9 Å². The Bertz CT molecular complexity index is 277. The normalized spacial score (nSPS) is 28.4. The fourth-order valence-corrected chi connectivity index (χ4v) is 3.69. The van der Waals surface area contributed by atoms with Gasteiger partial charge >= 0.3 is 0 Å². The molecule has 0 saturated carbocycles. The van der Waals surface area contributed by atoms with Crippen molar-refractivity contribution < 1.29 is 5.11 Å². The first-order valence-electron chi connectivity index (χ1n) is 7.20. The standard InChI is InChI=1S/C13H27N3OS2/c1-12(19-18)16-5-3-13(17,4-6-16)11-15-9-7-14(2)8-10-15/h12,17-18H,3-11H2,1-2H3. The van der Waals surface area contributed by atoms with E-state index in [1.807, 2.05) is 0 Å². The summed E-state index contributed by atoms with van der Waals surface area (Å²) in [7, 11) is 3.76. The summed E-state index contributed by atoms with van der Waals surface area (Å²) >= 11 is 4.28. The smallest absolute Gasteiger partial charge is 0.0798 e. The number of piperidine rings is 1.